The number of nitrogens with zero attached hydrogens (tertiary/aromatic N) is 1. The second kappa shape index (κ2) is 7.38. The molecule has 1 saturated carbocycles. The number of fused-ring (bicyclic) bond motifs is 2. The Bertz CT molecular complexity index is 453. The van der Waals surface area contributed by atoms with E-state index >= 15 is 0 Å². The standard InChI is InChI=1S/C16H28N4O3/c1-3-22-16(21)20-13(10-4-5-10)9-18-15(17-2)19-12-8-11-6-7-14(12)23-11/h10-14H,3-9H2,1-2H3,(H,20,21)(H2,17,18,19). The Balaban J connectivity index is 1.45. The van der Waals surface area contributed by atoms with Crippen molar-refractivity contribution in [3.8, 4) is 0 Å². The molecule has 23 heavy (non-hydrogen) atoms. The van der Waals surface area contributed by atoms with Crippen molar-refractivity contribution in [3.63, 3.8) is 0 Å². The second-order valence-corrected chi connectivity index (χ2v) is 6.62. The van der Waals surface area contributed by atoms with Crippen LogP contribution in [0.2, 0.25) is 0 Å². The molecule has 1 aliphatic carbocycles. The van der Waals surface area contributed by atoms with Gasteiger partial charge in [-0.15, -0.1) is 0 Å². The lowest BCUT2D eigenvalue weighted by Crippen LogP contribution is -2.51. The van der Waals surface area contributed by atoms with Crippen molar-refractivity contribution in [2.24, 2.45) is 10.9 Å². The quantitative estimate of drug-likeness (QED) is 0.501. The Morgan fingerprint density at radius 1 is 1.35 bits per heavy atom. The molecular formula is C16H28N4O3. The van der Waals surface area contributed by atoms with Crippen LogP contribution in [0.4, 0.5) is 4.79 Å². The number of carbonyl (C=O) groups is 1. The number of carbonyl (C=O) groups excluding carboxylic acids is 1. The van der Waals surface area contributed by atoms with Crippen LogP contribution in [0.3, 0.4) is 0 Å². The van der Waals surface area contributed by atoms with E-state index < -0.39 is 0 Å². The number of guanidine groups is 1. The Morgan fingerprint density at radius 2 is 2.17 bits per heavy atom. The molecule has 0 spiro atoms. The SMILES string of the molecule is CCOC(=O)NC(CNC(=NC)NC1CC2CCC1O2)C1CC1. The topological polar surface area (TPSA) is 84.0 Å². The molecule has 0 radical (unpaired) electrons. The fourth-order valence-electron chi connectivity index (χ4n) is 3.52. The van der Waals surface area contributed by atoms with E-state index in [9.17, 15) is 4.79 Å². The fourth-order valence-corrected chi connectivity index (χ4v) is 3.52. The Morgan fingerprint density at radius 3 is 2.74 bits per heavy atom. The van der Waals surface area contributed by atoms with Crippen LogP contribution >= 0.6 is 0 Å². The molecule has 2 saturated heterocycles. The maximum Gasteiger partial charge on any atom is 0.407 e. The van der Waals surface area contributed by atoms with Crippen molar-refractivity contribution in [3.05, 3.63) is 0 Å². The number of ether oxygens (including phenoxy) is 2. The summed E-state index contributed by atoms with van der Waals surface area (Å²) in [6.07, 6.45) is 6.08. The van der Waals surface area contributed by atoms with E-state index in [1.165, 1.54) is 6.42 Å². The first kappa shape index (κ1) is 16.4. The van der Waals surface area contributed by atoms with Gasteiger partial charge in [-0.2, -0.15) is 0 Å². The summed E-state index contributed by atoms with van der Waals surface area (Å²) in [4.78, 5) is 15.9. The molecule has 4 unspecified atom stereocenters. The van der Waals surface area contributed by atoms with Crippen LogP contribution < -0.4 is 16.0 Å². The van der Waals surface area contributed by atoms with Gasteiger partial charge in [-0.3, -0.25) is 4.99 Å². The summed E-state index contributed by atoms with van der Waals surface area (Å²) < 4.78 is 10.8. The van der Waals surface area contributed by atoms with E-state index in [0.29, 0.717) is 37.3 Å². The molecule has 130 valence electrons. The minimum absolute atomic E-state index is 0.0869. The molecule has 2 bridgehead atoms. The van der Waals surface area contributed by atoms with Gasteiger partial charge in [0.05, 0.1) is 30.9 Å². The zero-order chi connectivity index (χ0) is 16.2. The summed E-state index contributed by atoms with van der Waals surface area (Å²) in [6.45, 7) is 2.86. The molecule has 7 nitrogen and oxygen atoms in total. The molecule has 2 aliphatic heterocycles. The fraction of sp³-hybridized carbons (Fsp3) is 0.875. The van der Waals surface area contributed by atoms with Crippen LogP contribution in [0.25, 0.3) is 0 Å². The van der Waals surface area contributed by atoms with Crippen LogP contribution in [-0.2, 0) is 9.47 Å². The van der Waals surface area contributed by atoms with E-state index in [2.05, 4.69) is 20.9 Å². The zero-order valence-corrected chi connectivity index (χ0v) is 14.0. The van der Waals surface area contributed by atoms with Gasteiger partial charge in [0.1, 0.15) is 0 Å². The van der Waals surface area contributed by atoms with Crippen LogP contribution in [0.5, 0.6) is 0 Å². The highest BCUT2D eigenvalue weighted by molar-refractivity contribution is 5.80. The lowest BCUT2D eigenvalue weighted by Gasteiger charge is -2.24. The van der Waals surface area contributed by atoms with Crippen LogP contribution in [-0.4, -0.2) is 56.5 Å². The Kier molecular flexibility index (Phi) is 5.25. The van der Waals surface area contributed by atoms with Gasteiger partial charge in [-0.05, 0) is 44.9 Å². The molecule has 2 heterocycles. The monoisotopic (exact) mass is 324 g/mol. The van der Waals surface area contributed by atoms with Crippen molar-refractivity contribution in [2.45, 2.75) is 63.3 Å². The third kappa shape index (κ3) is 4.28. The number of nitrogens with one attached hydrogen (secondary N) is 3. The van der Waals surface area contributed by atoms with Gasteiger partial charge in [-0.25, -0.2) is 4.79 Å². The molecular weight excluding hydrogens is 296 g/mol. The highest BCUT2D eigenvalue weighted by Gasteiger charge is 2.41. The average molecular weight is 324 g/mol. The summed E-state index contributed by atoms with van der Waals surface area (Å²) in [7, 11) is 1.77. The van der Waals surface area contributed by atoms with Crippen molar-refractivity contribution in [2.75, 3.05) is 20.2 Å². The van der Waals surface area contributed by atoms with Crippen LogP contribution in [0, 0.1) is 5.92 Å². The molecule has 4 atom stereocenters. The molecule has 3 aliphatic rings. The summed E-state index contributed by atoms with van der Waals surface area (Å²) in [5, 5.41) is 9.75. The molecule has 3 fully saturated rings. The number of rotatable bonds is 6. The number of amides is 1. The van der Waals surface area contributed by atoms with E-state index in [1.807, 2.05) is 6.92 Å². The zero-order valence-electron chi connectivity index (χ0n) is 14.0. The second-order valence-electron chi connectivity index (χ2n) is 6.62. The lowest BCUT2D eigenvalue weighted by molar-refractivity contribution is 0.0992. The summed E-state index contributed by atoms with van der Waals surface area (Å²) in [6, 6.07) is 0.432. The maximum absolute atomic E-state index is 11.6. The minimum Gasteiger partial charge on any atom is -0.450 e. The van der Waals surface area contributed by atoms with Crippen molar-refractivity contribution in [1.82, 2.24) is 16.0 Å². The first-order valence-electron chi connectivity index (χ1n) is 8.75. The first-order chi connectivity index (χ1) is 11.2. The largest absolute Gasteiger partial charge is 0.450 e. The van der Waals surface area contributed by atoms with E-state index in [0.717, 1.165) is 31.6 Å². The smallest absolute Gasteiger partial charge is 0.407 e. The van der Waals surface area contributed by atoms with Gasteiger partial charge in [0.2, 0.25) is 0 Å². The number of alkyl carbamates (subject to hydrolysis) is 1. The van der Waals surface area contributed by atoms with Gasteiger partial charge >= 0.3 is 6.09 Å². The van der Waals surface area contributed by atoms with Gasteiger partial charge in [-0.1, -0.05) is 0 Å². The number of hydrogen-bond donors (Lipinski definition) is 3. The maximum atomic E-state index is 11.6. The number of hydrogen-bond acceptors (Lipinski definition) is 4. The van der Waals surface area contributed by atoms with Crippen LogP contribution in [0.1, 0.15) is 39.0 Å². The molecule has 0 aromatic carbocycles. The van der Waals surface area contributed by atoms with E-state index in [-0.39, 0.29) is 12.1 Å². The number of aliphatic imine (C=N–C) groups is 1. The van der Waals surface area contributed by atoms with E-state index in [1.54, 1.807) is 7.05 Å². The van der Waals surface area contributed by atoms with Gasteiger partial charge < -0.3 is 25.4 Å². The summed E-state index contributed by atoms with van der Waals surface area (Å²) in [5.74, 6) is 1.32. The van der Waals surface area contributed by atoms with Crippen LogP contribution in [0.15, 0.2) is 4.99 Å². The Labute approximate surface area is 137 Å². The molecule has 7 heteroatoms. The van der Waals surface area contributed by atoms with Gasteiger partial charge in [0, 0.05) is 13.6 Å². The first-order valence-corrected chi connectivity index (χ1v) is 8.75. The van der Waals surface area contributed by atoms with Gasteiger partial charge in [0.15, 0.2) is 5.96 Å². The van der Waals surface area contributed by atoms with E-state index in [4.69, 9.17) is 9.47 Å². The highest BCUT2D eigenvalue weighted by atomic mass is 16.5. The third-order valence-corrected chi connectivity index (χ3v) is 4.91. The molecule has 1 amide bonds. The molecule has 0 aromatic rings. The predicted molar refractivity (Wildman–Crippen MR) is 87.5 cm³/mol. The molecule has 3 rings (SSSR count). The third-order valence-electron chi connectivity index (χ3n) is 4.91. The van der Waals surface area contributed by atoms with Crippen molar-refractivity contribution in [1.29, 1.82) is 0 Å². The normalized spacial score (nSPS) is 30.9. The molecule has 0 aromatic heterocycles. The summed E-state index contributed by atoms with van der Waals surface area (Å²) in [5.41, 5.74) is 0. The average Bonchev–Trinajstić information content (AvgIpc) is 3.18. The molecule has 3 N–H and O–H groups in total. The van der Waals surface area contributed by atoms with Crippen molar-refractivity contribution >= 4 is 12.1 Å². The minimum atomic E-state index is -0.337. The summed E-state index contributed by atoms with van der Waals surface area (Å²) >= 11 is 0. The van der Waals surface area contributed by atoms with Gasteiger partial charge in [0.25, 0.3) is 0 Å². The highest BCUT2D eigenvalue weighted by Crippen LogP contribution is 2.34. The van der Waals surface area contributed by atoms with Crippen molar-refractivity contribution < 1.29 is 14.3 Å². The lowest BCUT2D eigenvalue weighted by atomic mass is 9.96. The predicted octanol–water partition coefficient (Wildman–Crippen LogP) is 0.996. The Hall–Kier alpha value is -1.50.